The fraction of sp³-hybridized carbons (Fsp3) is 0.533. The summed E-state index contributed by atoms with van der Waals surface area (Å²) in [6.45, 7) is 6.53. The minimum absolute atomic E-state index is 0.0523. The molecule has 0 fully saturated rings. The van der Waals surface area contributed by atoms with Gasteiger partial charge in [0.25, 0.3) is 0 Å². The molecule has 0 saturated carbocycles. The number of amides is 1. The maximum absolute atomic E-state index is 11.7. The first-order valence-corrected chi connectivity index (χ1v) is 7.23. The summed E-state index contributed by atoms with van der Waals surface area (Å²) in [6.07, 6.45) is 1.36. The molecule has 1 unspecified atom stereocenters. The molecule has 0 radical (unpaired) electrons. The predicted molar refractivity (Wildman–Crippen MR) is 83.7 cm³/mol. The summed E-state index contributed by atoms with van der Waals surface area (Å²) in [5, 5.41) is 6.81. The Hall–Kier alpha value is -1.42. The van der Waals surface area contributed by atoms with Crippen LogP contribution < -0.4 is 15.4 Å². The average Bonchev–Trinajstić information content (AvgIpc) is 2.42. The van der Waals surface area contributed by atoms with Crippen molar-refractivity contribution >= 4 is 23.2 Å². The van der Waals surface area contributed by atoms with E-state index in [1.165, 1.54) is 0 Å². The van der Waals surface area contributed by atoms with E-state index < -0.39 is 0 Å². The van der Waals surface area contributed by atoms with Crippen LogP contribution in [0.5, 0.6) is 5.75 Å². The maximum atomic E-state index is 11.7. The van der Waals surface area contributed by atoms with Crippen LogP contribution in [0.2, 0.25) is 5.02 Å². The number of methoxy groups -OCH3 is 1. The first kappa shape index (κ1) is 16.6. The van der Waals surface area contributed by atoms with E-state index in [0.29, 0.717) is 23.7 Å². The fourth-order valence-electron chi connectivity index (χ4n) is 1.73. The fourth-order valence-corrected chi connectivity index (χ4v) is 1.88. The van der Waals surface area contributed by atoms with Gasteiger partial charge in [0, 0.05) is 30.1 Å². The Morgan fingerprint density at radius 2 is 2.15 bits per heavy atom. The Balaban J connectivity index is 2.53. The van der Waals surface area contributed by atoms with E-state index >= 15 is 0 Å². The van der Waals surface area contributed by atoms with Gasteiger partial charge in [0.15, 0.2) is 0 Å². The standard InChI is InChI=1S/C15H23ClN2O2/c1-5-11(3)18-15(19)6-7-17-13-8-10(2)12(16)9-14(13)20-4/h8-9,11,17H,5-7H2,1-4H3,(H,18,19). The summed E-state index contributed by atoms with van der Waals surface area (Å²) in [5.41, 5.74) is 1.82. The van der Waals surface area contributed by atoms with Gasteiger partial charge in [0.1, 0.15) is 5.75 Å². The van der Waals surface area contributed by atoms with E-state index in [1.807, 2.05) is 26.8 Å². The Bertz CT molecular complexity index is 463. The molecular formula is C15H23ClN2O2. The SMILES string of the molecule is CCC(C)NC(=O)CCNc1cc(C)c(Cl)cc1OC. The van der Waals surface area contributed by atoms with Crippen LogP contribution >= 0.6 is 11.6 Å². The van der Waals surface area contributed by atoms with E-state index in [2.05, 4.69) is 10.6 Å². The lowest BCUT2D eigenvalue weighted by Gasteiger charge is -2.14. The molecule has 1 atom stereocenters. The van der Waals surface area contributed by atoms with Crippen LogP contribution in [0.4, 0.5) is 5.69 Å². The van der Waals surface area contributed by atoms with E-state index in [9.17, 15) is 4.79 Å². The third-order valence-corrected chi connectivity index (χ3v) is 3.58. The molecule has 112 valence electrons. The molecule has 0 aliphatic carbocycles. The van der Waals surface area contributed by atoms with Gasteiger partial charge >= 0.3 is 0 Å². The number of aryl methyl sites for hydroxylation is 1. The zero-order chi connectivity index (χ0) is 15.1. The largest absolute Gasteiger partial charge is 0.495 e. The molecular weight excluding hydrogens is 276 g/mol. The van der Waals surface area contributed by atoms with Gasteiger partial charge in [-0.05, 0) is 31.9 Å². The topological polar surface area (TPSA) is 50.4 Å². The van der Waals surface area contributed by atoms with Crippen molar-refractivity contribution in [2.24, 2.45) is 0 Å². The number of carbonyl (C=O) groups excluding carboxylic acids is 1. The van der Waals surface area contributed by atoms with Gasteiger partial charge in [0.05, 0.1) is 12.8 Å². The van der Waals surface area contributed by atoms with Gasteiger partial charge in [-0.1, -0.05) is 18.5 Å². The van der Waals surface area contributed by atoms with Crippen molar-refractivity contribution < 1.29 is 9.53 Å². The van der Waals surface area contributed by atoms with Crippen molar-refractivity contribution in [2.75, 3.05) is 19.0 Å². The predicted octanol–water partition coefficient (Wildman–Crippen LogP) is 3.37. The number of nitrogens with one attached hydrogen (secondary N) is 2. The minimum Gasteiger partial charge on any atom is -0.495 e. The molecule has 0 aliphatic rings. The molecule has 0 heterocycles. The normalized spacial score (nSPS) is 11.8. The van der Waals surface area contributed by atoms with Crippen LogP contribution in [-0.4, -0.2) is 25.6 Å². The smallest absolute Gasteiger partial charge is 0.221 e. The second kappa shape index (κ2) is 8.00. The van der Waals surface area contributed by atoms with Gasteiger partial charge in [-0.3, -0.25) is 4.79 Å². The number of halogens is 1. The monoisotopic (exact) mass is 298 g/mol. The van der Waals surface area contributed by atoms with Crippen LogP contribution in [0, 0.1) is 6.92 Å². The molecule has 1 amide bonds. The molecule has 0 aromatic heterocycles. The van der Waals surface area contributed by atoms with Crippen molar-refractivity contribution in [1.29, 1.82) is 0 Å². The highest BCUT2D eigenvalue weighted by Gasteiger charge is 2.08. The van der Waals surface area contributed by atoms with E-state index in [4.69, 9.17) is 16.3 Å². The summed E-state index contributed by atoms with van der Waals surface area (Å²) >= 11 is 6.05. The highest BCUT2D eigenvalue weighted by Crippen LogP contribution is 2.30. The van der Waals surface area contributed by atoms with Crippen molar-refractivity contribution in [2.45, 2.75) is 39.7 Å². The quantitative estimate of drug-likeness (QED) is 0.811. The van der Waals surface area contributed by atoms with Gasteiger partial charge in [0.2, 0.25) is 5.91 Å². The molecule has 1 aromatic carbocycles. The number of hydrogen-bond acceptors (Lipinski definition) is 3. The summed E-state index contributed by atoms with van der Waals surface area (Å²) in [4.78, 5) is 11.7. The van der Waals surface area contributed by atoms with Crippen molar-refractivity contribution in [1.82, 2.24) is 5.32 Å². The van der Waals surface area contributed by atoms with Crippen LogP contribution in [0.25, 0.3) is 0 Å². The third kappa shape index (κ3) is 4.93. The minimum atomic E-state index is 0.0523. The Kier molecular flexibility index (Phi) is 6.65. The van der Waals surface area contributed by atoms with Gasteiger partial charge in [-0.25, -0.2) is 0 Å². The zero-order valence-electron chi connectivity index (χ0n) is 12.5. The summed E-state index contributed by atoms with van der Waals surface area (Å²) < 4.78 is 5.27. The number of benzene rings is 1. The molecule has 1 rings (SSSR count). The first-order valence-electron chi connectivity index (χ1n) is 6.85. The molecule has 1 aromatic rings. The molecule has 0 spiro atoms. The van der Waals surface area contributed by atoms with Gasteiger partial charge in [-0.2, -0.15) is 0 Å². The number of ether oxygens (including phenoxy) is 1. The summed E-state index contributed by atoms with van der Waals surface area (Å²) in [6, 6.07) is 3.92. The second-order valence-corrected chi connectivity index (χ2v) is 5.26. The lowest BCUT2D eigenvalue weighted by atomic mass is 10.2. The van der Waals surface area contributed by atoms with E-state index in [1.54, 1.807) is 13.2 Å². The van der Waals surface area contributed by atoms with Gasteiger partial charge < -0.3 is 15.4 Å². The summed E-state index contributed by atoms with van der Waals surface area (Å²) in [5.74, 6) is 0.736. The lowest BCUT2D eigenvalue weighted by molar-refractivity contribution is -0.121. The van der Waals surface area contributed by atoms with Crippen molar-refractivity contribution in [3.63, 3.8) is 0 Å². The third-order valence-electron chi connectivity index (χ3n) is 3.17. The lowest BCUT2D eigenvalue weighted by Crippen LogP contribution is -2.32. The number of anilines is 1. The Morgan fingerprint density at radius 3 is 2.75 bits per heavy atom. The second-order valence-electron chi connectivity index (χ2n) is 4.86. The first-order chi connectivity index (χ1) is 9.47. The number of carbonyl (C=O) groups is 1. The molecule has 0 aliphatic heterocycles. The van der Waals surface area contributed by atoms with Crippen molar-refractivity contribution in [3.05, 3.63) is 22.7 Å². The summed E-state index contributed by atoms with van der Waals surface area (Å²) in [7, 11) is 1.60. The highest BCUT2D eigenvalue weighted by atomic mass is 35.5. The average molecular weight is 299 g/mol. The molecule has 2 N–H and O–H groups in total. The van der Waals surface area contributed by atoms with Crippen LogP contribution in [0.1, 0.15) is 32.3 Å². The molecule has 0 saturated heterocycles. The van der Waals surface area contributed by atoms with E-state index in [-0.39, 0.29) is 11.9 Å². The highest BCUT2D eigenvalue weighted by molar-refractivity contribution is 6.31. The number of rotatable bonds is 7. The maximum Gasteiger partial charge on any atom is 0.221 e. The van der Waals surface area contributed by atoms with Gasteiger partial charge in [-0.15, -0.1) is 0 Å². The Morgan fingerprint density at radius 1 is 1.45 bits per heavy atom. The van der Waals surface area contributed by atoms with Crippen molar-refractivity contribution in [3.8, 4) is 5.75 Å². The van der Waals surface area contributed by atoms with Crippen LogP contribution in [-0.2, 0) is 4.79 Å². The number of hydrogen-bond donors (Lipinski definition) is 2. The van der Waals surface area contributed by atoms with Crippen LogP contribution in [0.3, 0.4) is 0 Å². The molecule has 4 nitrogen and oxygen atoms in total. The molecule has 0 bridgehead atoms. The molecule has 20 heavy (non-hydrogen) atoms. The molecule has 5 heteroatoms. The zero-order valence-corrected chi connectivity index (χ0v) is 13.3. The van der Waals surface area contributed by atoms with Crippen LogP contribution in [0.15, 0.2) is 12.1 Å². The van der Waals surface area contributed by atoms with E-state index in [0.717, 1.165) is 17.7 Å². The Labute approximate surface area is 125 Å².